The Balaban J connectivity index is 3.03. The molecule has 0 spiro atoms. The third-order valence-electron chi connectivity index (χ3n) is 1.15. The van der Waals surface area contributed by atoms with E-state index in [-0.39, 0.29) is 5.92 Å². The molecule has 1 rings (SSSR count). The molecule has 2 N–H and O–H groups in total. The summed E-state index contributed by atoms with van der Waals surface area (Å²) in [4.78, 5) is 4.10. The van der Waals surface area contributed by atoms with E-state index in [1.807, 2.05) is 13.8 Å². The smallest absolute Gasteiger partial charge is 0.229 e. The Hall–Kier alpha value is -0.640. The zero-order valence-corrected chi connectivity index (χ0v) is 6.70. The molecule has 1 aromatic heterocycles. The maximum atomic E-state index is 12.7. The molecule has 0 aliphatic carbocycles. The van der Waals surface area contributed by atoms with Gasteiger partial charge in [0.2, 0.25) is 5.95 Å². The lowest BCUT2D eigenvalue weighted by Crippen LogP contribution is -1.86. The predicted octanol–water partition coefficient (Wildman–Crippen LogP) is 1.99. The van der Waals surface area contributed by atoms with Crippen molar-refractivity contribution >= 4 is 16.5 Å². The molecular weight excluding hydrogens is 151 g/mol. The van der Waals surface area contributed by atoms with Crippen LogP contribution < -0.4 is 5.73 Å². The van der Waals surface area contributed by atoms with Crippen LogP contribution in [0, 0.1) is 5.95 Å². The number of halogens is 1. The van der Waals surface area contributed by atoms with Gasteiger partial charge in [-0.1, -0.05) is 25.2 Å². The van der Waals surface area contributed by atoms with Crippen LogP contribution in [0.15, 0.2) is 0 Å². The van der Waals surface area contributed by atoms with Crippen molar-refractivity contribution in [1.82, 2.24) is 4.98 Å². The number of rotatable bonds is 1. The first kappa shape index (κ1) is 7.47. The van der Waals surface area contributed by atoms with E-state index in [2.05, 4.69) is 4.98 Å². The summed E-state index contributed by atoms with van der Waals surface area (Å²) in [7, 11) is 0. The summed E-state index contributed by atoms with van der Waals surface area (Å²) in [6.45, 7) is 3.83. The van der Waals surface area contributed by atoms with E-state index in [0.29, 0.717) is 10.0 Å². The predicted molar refractivity (Wildman–Crippen MR) is 40.6 cm³/mol. The second-order valence-corrected chi connectivity index (χ2v) is 3.42. The van der Waals surface area contributed by atoms with Crippen molar-refractivity contribution in [3.8, 4) is 0 Å². The second kappa shape index (κ2) is 2.54. The molecule has 0 saturated carbocycles. The molecule has 0 aliphatic rings. The van der Waals surface area contributed by atoms with Gasteiger partial charge in [-0.15, -0.1) is 0 Å². The topological polar surface area (TPSA) is 38.9 Å². The quantitative estimate of drug-likeness (QED) is 0.682. The Morgan fingerprint density at radius 2 is 2.20 bits per heavy atom. The van der Waals surface area contributed by atoms with Crippen LogP contribution in [0.1, 0.15) is 24.6 Å². The van der Waals surface area contributed by atoms with Gasteiger partial charge < -0.3 is 5.73 Å². The first-order chi connectivity index (χ1) is 4.61. The van der Waals surface area contributed by atoms with Crippen LogP contribution in [0.4, 0.5) is 9.52 Å². The number of aromatic nitrogens is 1. The van der Waals surface area contributed by atoms with Crippen LogP contribution in [0.2, 0.25) is 0 Å². The fourth-order valence-electron chi connectivity index (χ4n) is 0.685. The Bertz CT molecular complexity index is 232. The first-order valence-electron chi connectivity index (χ1n) is 3.03. The number of anilines is 1. The van der Waals surface area contributed by atoms with Crippen LogP contribution in [0.3, 0.4) is 0 Å². The lowest BCUT2D eigenvalue weighted by molar-refractivity contribution is 0.571. The highest BCUT2D eigenvalue weighted by atomic mass is 32.1. The minimum atomic E-state index is -0.419. The van der Waals surface area contributed by atoms with Gasteiger partial charge in [0.15, 0.2) is 5.13 Å². The minimum Gasteiger partial charge on any atom is -0.375 e. The lowest BCUT2D eigenvalue weighted by atomic mass is 10.2. The minimum absolute atomic E-state index is 0.176. The van der Waals surface area contributed by atoms with Gasteiger partial charge in [0, 0.05) is 0 Å². The maximum absolute atomic E-state index is 12.7. The van der Waals surface area contributed by atoms with Crippen molar-refractivity contribution in [2.45, 2.75) is 19.8 Å². The van der Waals surface area contributed by atoms with E-state index >= 15 is 0 Å². The number of nitrogens with zero attached hydrogens (tertiary/aromatic N) is 1. The van der Waals surface area contributed by atoms with E-state index in [1.165, 1.54) is 11.3 Å². The lowest BCUT2D eigenvalue weighted by Gasteiger charge is -1.96. The SMILES string of the molecule is CC(C)c1sc(N)nc1F. The average molecular weight is 160 g/mol. The standard InChI is InChI=1S/C6H9FN2S/c1-3(2)4-5(7)9-6(8)10-4/h3H,1-2H3,(H2,8,9). The van der Waals surface area contributed by atoms with Crippen molar-refractivity contribution in [2.75, 3.05) is 5.73 Å². The molecule has 10 heavy (non-hydrogen) atoms. The summed E-state index contributed by atoms with van der Waals surface area (Å²) < 4.78 is 12.7. The molecule has 1 heterocycles. The molecule has 0 aromatic carbocycles. The highest BCUT2D eigenvalue weighted by Gasteiger charge is 2.11. The number of nitrogen functional groups attached to an aromatic ring is 1. The summed E-state index contributed by atoms with van der Waals surface area (Å²) in [5.41, 5.74) is 5.28. The number of hydrogen-bond acceptors (Lipinski definition) is 3. The van der Waals surface area contributed by atoms with E-state index in [1.54, 1.807) is 0 Å². The summed E-state index contributed by atoms with van der Waals surface area (Å²) in [6, 6.07) is 0. The molecule has 0 aliphatic heterocycles. The number of hydrogen-bond donors (Lipinski definition) is 1. The summed E-state index contributed by atoms with van der Waals surface area (Å²) in [6.07, 6.45) is 0. The van der Waals surface area contributed by atoms with Gasteiger partial charge in [-0.2, -0.15) is 9.37 Å². The highest BCUT2D eigenvalue weighted by Crippen LogP contribution is 2.26. The summed E-state index contributed by atoms with van der Waals surface area (Å²) in [5, 5.41) is 0.307. The number of thiazole rings is 1. The fraction of sp³-hybridized carbons (Fsp3) is 0.500. The van der Waals surface area contributed by atoms with Gasteiger partial charge in [-0.05, 0) is 5.92 Å². The van der Waals surface area contributed by atoms with Gasteiger partial charge in [0.1, 0.15) is 0 Å². The zero-order valence-electron chi connectivity index (χ0n) is 5.89. The van der Waals surface area contributed by atoms with Crippen molar-refractivity contribution in [1.29, 1.82) is 0 Å². The Morgan fingerprint density at radius 1 is 1.60 bits per heavy atom. The van der Waals surface area contributed by atoms with Crippen LogP contribution in [-0.2, 0) is 0 Å². The van der Waals surface area contributed by atoms with Gasteiger partial charge >= 0.3 is 0 Å². The Labute approximate surface area is 62.9 Å². The van der Waals surface area contributed by atoms with E-state index in [4.69, 9.17) is 5.73 Å². The van der Waals surface area contributed by atoms with Crippen LogP contribution >= 0.6 is 11.3 Å². The molecule has 0 saturated heterocycles. The highest BCUT2D eigenvalue weighted by molar-refractivity contribution is 7.15. The van der Waals surface area contributed by atoms with E-state index in [0.717, 1.165) is 0 Å². The van der Waals surface area contributed by atoms with Gasteiger partial charge in [0.25, 0.3) is 0 Å². The molecule has 2 nitrogen and oxygen atoms in total. The largest absolute Gasteiger partial charge is 0.375 e. The monoisotopic (exact) mass is 160 g/mol. The van der Waals surface area contributed by atoms with E-state index in [9.17, 15) is 4.39 Å². The van der Waals surface area contributed by atoms with Gasteiger partial charge in [-0.3, -0.25) is 0 Å². The average Bonchev–Trinajstić information content (AvgIpc) is 2.10. The normalized spacial score (nSPS) is 10.8. The molecule has 4 heteroatoms. The molecule has 0 radical (unpaired) electrons. The molecule has 1 aromatic rings. The molecule has 0 unspecified atom stereocenters. The fourth-order valence-corrected chi connectivity index (χ4v) is 1.40. The van der Waals surface area contributed by atoms with Crippen LogP contribution in [0.5, 0.6) is 0 Å². The van der Waals surface area contributed by atoms with Crippen molar-refractivity contribution in [3.05, 3.63) is 10.8 Å². The molecule has 0 amide bonds. The maximum Gasteiger partial charge on any atom is 0.229 e. The third-order valence-corrected chi connectivity index (χ3v) is 2.31. The number of nitrogens with two attached hydrogens (primary N) is 1. The molecule has 0 atom stereocenters. The summed E-state index contributed by atoms with van der Waals surface area (Å²) >= 11 is 1.21. The second-order valence-electron chi connectivity index (χ2n) is 2.36. The van der Waals surface area contributed by atoms with Gasteiger partial charge in [-0.25, -0.2) is 0 Å². The summed E-state index contributed by atoms with van der Waals surface area (Å²) in [5.74, 6) is -0.243. The van der Waals surface area contributed by atoms with Crippen LogP contribution in [-0.4, -0.2) is 4.98 Å². The van der Waals surface area contributed by atoms with Crippen LogP contribution in [0.25, 0.3) is 0 Å². The van der Waals surface area contributed by atoms with Crippen molar-refractivity contribution in [2.24, 2.45) is 0 Å². The Morgan fingerprint density at radius 3 is 2.40 bits per heavy atom. The molecule has 0 bridgehead atoms. The Kier molecular flexibility index (Phi) is 1.89. The molecular formula is C6H9FN2S. The molecule has 0 fully saturated rings. The molecule has 56 valence electrons. The van der Waals surface area contributed by atoms with E-state index < -0.39 is 5.95 Å². The van der Waals surface area contributed by atoms with Crippen molar-refractivity contribution in [3.63, 3.8) is 0 Å². The first-order valence-corrected chi connectivity index (χ1v) is 3.84. The van der Waals surface area contributed by atoms with Crippen molar-refractivity contribution < 1.29 is 4.39 Å². The zero-order chi connectivity index (χ0) is 7.72. The third kappa shape index (κ3) is 1.26. The van der Waals surface area contributed by atoms with Gasteiger partial charge in [0.05, 0.1) is 4.88 Å².